The van der Waals surface area contributed by atoms with Gasteiger partial charge in [-0.3, -0.25) is 4.79 Å². The number of anilines is 1. The van der Waals surface area contributed by atoms with Crippen molar-refractivity contribution < 1.29 is 19.4 Å². The third-order valence-electron chi connectivity index (χ3n) is 5.25. The summed E-state index contributed by atoms with van der Waals surface area (Å²) in [6.07, 6.45) is 3.36. The molecular weight excluding hydrogens is 330 g/mol. The molecule has 0 radical (unpaired) electrons. The van der Waals surface area contributed by atoms with Gasteiger partial charge in [0.05, 0.1) is 36.7 Å². The predicted octanol–water partition coefficient (Wildman–Crippen LogP) is 1.19. The molecule has 1 aliphatic heterocycles. The van der Waals surface area contributed by atoms with Gasteiger partial charge in [-0.25, -0.2) is 4.98 Å². The van der Waals surface area contributed by atoms with Gasteiger partial charge in [-0.05, 0) is 32.6 Å². The molecule has 2 fully saturated rings. The monoisotopic (exact) mass is 355 g/mol. The number of methoxy groups -OCH3 is 1. The van der Waals surface area contributed by atoms with Gasteiger partial charge in [-0.15, -0.1) is 0 Å². The summed E-state index contributed by atoms with van der Waals surface area (Å²) in [4.78, 5) is 19.7. The molecule has 1 aromatic heterocycles. The lowest BCUT2D eigenvalue weighted by Crippen LogP contribution is -2.53. The zero-order chi connectivity index (χ0) is 17.3. The minimum Gasteiger partial charge on any atom is -0.394 e. The second kappa shape index (κ2) is 6.95. The molecule has 1 saturated heterocycles. The number of likely N-dealkylation sites (tertiary alicyclic amines) is 1. The van der Waals surface area contributed by atoms with E-state index in [0.717, 1.165) is 25.7 Å². The molecule has 0 unspecified atom stereocenters. The highest BCUT2D eigenvalue weighted by Crippen LogP contribution is 2.44. The molecule has 3 atom stereocenters. The van der Waals surface area contributed by atoms with Gasteiger partial charge < -0.3 is 25.2 Å². The van der Waals surface area contributed by atoms with Crippen molar-refractivity contribution in [3.63, 3.8) is 0 Å². The number of fused-ring (bicyclic) bond motifs is 1. The first-order valence-corrected chi connectivity index (χ1v) is 9.14. The Labute approximate surface area is 145 Å². The summed E-state index contributed by atoms with van der Waals surface area (Å²) in [6, 6.07) is -0.0184. The van der Waals surface area contributed by atoms with Gasteiger partial charge in [-0.2, -0.15) is 0 Å². The SMILES string of the molecule is CO[C@@]12CC[C@@H](OCCO)C[C@@H]1N(C(=O)c1sc(N)nc1C)CC2. The Morgan fingerprint density at radius 2 is 2.33 bits per heavy atom. The molecule has 1 aromatic rings. The van der Waals surface area contributed by atoms with Crippen molar-refractivity contribution in [1.29, 1.82) is 0 Å². The van der Waals surface area contributed by atoms with Crippen LogP contribution < -0.4 is 5.73 Å². The highest BCUT2D eigenvalue weighted by atomic mass is 32.1. The predicted molar refractivity (Wildman–Crippen MR) is 91.1 cm³/mol. The first-order chi connectivity index (χ1) is 11.5. The molecule has 3 rings (SSSR count). The molecule has 1 saturated carbocycles. The Morgan fingerprint density at radius 3 is 2.96 bits per heavy atom. The van der Waals surface area contributed by atoms with Crippen LogP contribution in [0.3, 0.4) is 0 Å². The number of aromatic nitrogens is 1. The van der Waals surface area contributed by atoms with Crippen molar-refractivity contribution in [3.05, 3.63) is 10.6 Å². The number of nitrogen functional groups attached to an aromatic ring is 1. The molecule has 1 amide bonds. The molecule has 1 aliphatic carbocycles. The molecule has 2 heterocycles. The third-order valence-corrected chi connectivity index (χ3v) is 6.23. The number of nitrogens with zero attached hydrogens (tertiary/aromatic N) is 2. The summed E-state index contributed by atoms with van der Waals surface area (Å²) in [7, 11) is 1.73. The number of carbonyl (C=O) groups excluding carboxylic acids is 1. The van der Waals surface area contributed by atoms with Crippen molar-refractivity contribution in [3.8, 4) is 0 Å². The van der Waals surface area contributed by atoms with E-state index in [2.05, 4.69) is 4.98 Å². The summed E-state index contributed by atoms with van der Waals surface area (Å²) in [5.74, 6) is -0.0200. The first-order valence-electron chi connectivity index (χ1n) is 8.32. The van der Waals surface area contributed by atoms with Crippen LogP contribution in [-0.4, -0.2) is 65.5 Å². The van der Waals surface area contributed by atoms with E-state index in [1.54, 1.807) is 7.11 Å². The van der Waals surface area contributed by atoms with Crippen LogP contribution in [0.2, 0.25) is 0 Å². The Balaban J connectivity index is 1.81. The number of hydrogen-bond donors (Lipinski definition) is 2. The normalized spacial score (nSPS) is 29.7. The van der Waals surface area contributed by atoms with Crippen LogP contribution in [0.1, 0.15) is 41.0 Å². The van der Waals surface area contributed by atoms with E-state index in [1.165, 1.54) is 11.3 Å². The number of thiazole rings is 1. The van der Waals surface area contributed by atoms with Crippen molar-refractivity contribution in [2.75, 3.05) is 32.6 Å². The van der Waals surface area contributed by atoms with Crippen LogP contribution in [0.25, 0.3) is 0 Å². The van der Waals surface area contributed by atoms with Crippen LogP contribution in [-0.2, 0) is 9.47 Å². The van der Waals surface area contributed by atoms with Gasteiger partial charge in [0.25, 0.3) is 5.91 Å². The van der Waals surface area contributed by atoms with Gasteiger partial charge in [0.15, 0.2) is 5.13 Å². The fraction of sp³-hybridized carbons (Fsp3) is 0.750. The molecule has 7 nitrogen and oxygen atoms in total. The van der Waals surface area contributed by atoms with E-state index in [0.29, 0.717) is 28.9 Å². The molecule has 134 valence electrons. The number of ether oxygens (including phenoxy) is 2. The Morgan fingerprint density at radius 1 is 1.54 bits per heavy atom. The lowest BCUT2D eigenvalue weighted by atomic mass is 9.79. The fourth-order valence-electron chi connectivity index (χ4n) is 4.02. The van der Waals surface area contributed by atoms with Crippen molar-refractivity contribution in [1.82, 2.24) is 9.88 Å². The summed E-state index contributed by atoms with van der Waals surface area (Å²) in [5.41, 5.74) is 6.13. The van der Waals surface area contributed by atoms with Crippen LogP contribution in [0, 0.1) is 6.92 Å². The van der Waals surface area contributed by atoms with Gasteiger partial charge in [-0.1, -0.05) is 11.3 Å². The maximum absolute atomic E-state index is 13.0. The minimum absolute atomic E-state index is 0.0125. The molecule has 24 heavy (non-hydrogen) atoms. The summed E-state index contributed by atoms with van der Waals surface area (Å²) >= 11 is 1.24. The largest absolute Gasteiger partial charge is 0.394 e. The average Bonchev–Trinajstić information content (AvgIpc) is 3.12. The van der Waals surface area contributed by atoms with E-state index in [4.69, 9.17) is 20.3 Å². The molecule has 0 aromatic carbocycles. The topological polar surface area (TPSA) is 97.9 Å². The van der Waals surface area contributed by atoms with Crippen LogP contribution >= 0.6 is 11.3 Å². The first kappa shape index (κ1) is 17.6. The van der Waals surface area contributed by atoms with Crippen molar-refractivity contribution in [2.45, 2.75) is 50.4 Å². The second-order valence-electron chi connectivity index (χ2n) is 6.49. The van der Waals surface area contributed by atoms with E-state index >= 15 is 0 Å². The van der Waals surface area contributed by atoms with E-state index in [-0.39, 0.29) is 30.3 Å². The molecule has 2 aliphatic rings. The molecule has 3 N–H and O–H groups in total. The Kier molecular flexibility index (Phi) is 5.10. The summed E-state index contributed by atoms with van der Waals surface area (Å²) in [6.45, 7) is 2.82. The third kappa shape index (κ3) is 3.03. The number of aryl methyl sites for hydroxylation is 1. The number of rotatable bonds is 5. The van der Waals surface area contributed by atoms with E-state index in [9.17, 15) is 4.79 Å². The number of carbonyl (C=O) groups is 1. The Hall–Kier alpha value is -1.22. The quantitative estimate of drug-likeness (QED) is 0.823. The molecular formula is C16H25N3O4S. The molecule has 8 heteroatoms. The van der Waals surface area contributed by atoms with Gasteiger partial charge >= 0.3 is 0 Å². The number of aliphatic hydroxyl groups excluding tert-OH is 1. The standard InChI is InChI=1S/C16H25N3O4S/c1-10-13(24-15(17)18-10)14(21)19-6-5-16(22-2)4-3-11(9-12(16)19)23-8-7-20/h11-12,20H,3-9H2,1-2H3,(H2,17,18)/t11-,12+,16-/m1/s1. The summed E-state index contributed by atoms with van der Waals surface area (Å²) < 4.78 is 11.6. The molecule has 0 spiro atoms. The van der Waals surface area contributed by atoms with Crippen LogP contribution in [0.5, 0.6) is 0 Å². The van der Waals surface area contributed by atoms with Gasteiger partial charge in [0, 0.05) is 13.7 Å². The summed E-state index contributed by atoms with van der Waals surface area (Å²) in [5, 5.41) is 9.39. The van der Waals surface area contributed by atoms with Gasteiger partial charge in [0.2, 0.25) is 0 Å². The number of aliphatic hydroxyl groups is 1. The maximum Gasteiger partial charge on any atom is 0.266 e. The number of nitrogens with two attached hydrogens (primary N) is 1. The maximum atomic E-state index is 13.0. The van der Waals surface area contributed by atoms with Crippen molar-refractivity contribution in [2.24, 2.45) is 0 Å². The second-order valence-corrected chi connectivity index (χ2v) is 7.52. The number of amides is 1. The molecule has 0 bridgehead atoms. The lowest BCUT2D eigenvalue weighted by Gasteiger charge is -2.43. The smallest absolute Gasteiger partial charge is 0.266 e. The average molecular weight is 355 g/mol. The zero-order valence-electron chi connectivity index (χ0n) is 14.2. The van der Waals surface area contributed by atoms with E-state index in [1.807, 2.05) is 11.8 Å². The van der Waals surface area contributed by atoms with E-state index < -0.39 is 0 Å². The highest BCUT2D eigenvalue weighted by Gasteiger charge is 2.53. The highest BCUT2D eigenvalue weighted by molar-refractivity contribution is 7.17. The van der Waals surface area contributed by atoms with Gasteiger partial charge in [0.1, 0.15) is 4.88 Å². The zero-order valence-corrected chi connectivity index (χ0v) is 15.0. The van der Waals surface area contributed by atoms with Crippen LogP contribution in [0.4, 0.5) is 5.13 Å². The lowest BCUT2D eigenvalue weighted by molar-refractivity contribution is -0.0991. The fourth-order valence-corrected chi connectivity index (χ4v) is 4.81. The number of hydrogen-bond acceptors (Lipinski definition) is 7. The Bertz CT molecular complexity index is 608. The van der Waals surface area contributed by atoms with Crippen LogP contribution in [0.15, 0.2) is 0 Å². The van der Waals surface area contributed by atoms with Crippen molar-refractivity contribution >= 4 is 22.4 Å². The minimum atomic E-state index is -0.293.